The quantitative estimate of drug-likeness (QED) is 0.674. The van der Waals surface area contributed by atoms with Gasteiger partial charge in [-0.2, -0.15) is 0 Å². The lowest BCUT2D eigenvalue weighted by molar-refractivity contribution is -0.0341. The molecule has 0 unspecified atom stereocenters. The zero-order valence-corrected chi connectivity index (χ0v) is 10.2. The molecule has 14 heavy (non-hydrogen) atoms. The Bertz CT molecular complexity index is 171. The van der Waals surface area contributed by atoms with Crippen LogP contribution in [0.15, 0.2) is 0 Å². The standard InChI is InChI=1S/C11H24N2O/c1-11(2,3)12(4)6-7-13-8-10(9-13)14-5/h10H,6-9H2,1-5H3. The van der Waals surface area contributed by atoms with Crippen LogP contribution >= 0.6 is 0 Å². The molecule has 0 aromatic heterocycles. The molecule has 1 heterocycles. The predicted molar refractivity (Wildman–Crippen MR) is 59.6 cm³/mol. The summed E-state index contributed by atoms with van der Waals surface area (Å²) in [7, 11) is 3.98. The first-order valence-electron chi connectivity index (χ1n) is 5.40. The minimum atomic E-state index is 0.283. The molecule has 0 aromatic rings. The fourth-order valence-electron chi connectivity index (χ4n) is 1.48. The fourth-order valence-corrected chi connectivity index (χ4v) is 1.48. The van der Waals surface area contributed by atoms with Gasteiger partial charge in [0, 0.05) is 38.8 Å². The Kier molecular flexibility index (Phi) is 3.93. The van der Waals surface area contributed by atoms with Crippen LogP contribution in [0.4, 0.5) is 0 Å². The fraction of sp³-hybridized carbons (Fsp3) is 1.00. The number of nitrogens with zero attached hydrogens (tertiary/aromatic N) is 2. The van der Waals surface area contributed by atoms with Gasteiger partial charge in [0.2, 0.25) is 0 Å². The molecule has 0 saturated carbocycles. The van der Waals surface area contributed by atoms with Gasteiger partial charge in [0.15, 0.2) is 0 Å². The first kappa shape index (κ1) is 12.0. The number of ether oxygens (including phenoxy) is 1. The van der Waals surface area contributed by atoms with E-state index in [1.807, 2.05) is 0 Å². The Morgan fingerprint density at radius 2 is 1.93 bits per heavy atom. The maximum absolute atomic E-state index is 5.24. The molecule has 3 heteroatoms. The zero-order valence-electron chi connectivity index (χ0n) is 10.2. The molecule has 0 N–H and O–H groups in total. The Morgan fingerprint density at radius 3 is 2.36 bits per heavy atom. The third kappa shape index (κ3) is 3.23. The first-order chi connectivity index (χ1) is 6.43. The topological polar surface area (TPSA) is 15.7 Å². The second kappa shape index (κ2) is 4.60. The van der Waals surface area contributed by atoms with Crippen molar-refractivity contribution < 1.29 is 4.74 Å². The molecular formula is C11H24N2O. The highest BCUT2D eigenvalue weighted by molar-refractivity contribution is 4.82. The summed E-state index contributed by atoms with van der Waals surface area (Å²) in [5.41, 5.74) is 0.283. The van der Waals surface area contributed by atoms with E-state index in [9.17, 15) is 0 Å². The van der Waals surface area contributed by atoms with Gasteiger partial charge in [-0.15, -0.1) is 0 Å². The molecular weight excluding hydrogens is 176 g/mol. The summed E-state index contributed by atoms with van der Waals surface area (Å²) in [6, 6.07) is 0. The lowest BCUT2D eigenvalue weighted by atomic mass is 10.1. The third-order valence-electron chi connectivity index (χ3n) is 3.15. The lowest BCUT2D eigenvalue weighted by Gasteiger charge is -2.40. The summed E-state index contributed by atoms with van der Waals surface area (Å²) in [5, 5.41) is 0. The average molecular weight is 200 g/mol. The molecule has 0 aromatic carbocycles. The van der Waals surface area contributed by atoms with Gasteiger partial charge in [-0.3, -0.25) is 4.90 Å². The largest absolute Gasteiger partial charge is 0.379 e. The van der Waals surface area contributed by atoms with Crippen molar-refractivity contribution in [2.75, 3.05) is 40.3 Å². The van der Waals surface area contributed by atoms with Crippen molar-refractivity contribution >= 4 is 0 Å². The molecule has 0 radical (unpaired) electrons. The van der Waals surface area contributed by atoms with Gasteiger partial charge in [0.25, 0.3) is 0 Å². The molecule has 1 aliphatic rings. The van der Waals surface area contributed by atoms with E-state index in [-0.39, 0.29) is 5.54 Å². The summed E-state index contributed by atoms with van der Waals surface area (Å²) in [4.78, 5) is 4.84. The number of methoxy groups -OCH3 is 1. The Labute approximate surface area is 88.0 Å². The molecule has 3 nitrogen and oxygen atoms in total. The number of hydrogen-bond donors (Lipinski definition) is 0. The monoisotopic (exact) mass is 200 g/mol. The number of rotatable bonds is 4. The van der Waals surface area contributed by atoms with Crippen molar-refractivity contribution in [2.45, 2.75) is 32.4 Å². The molecule has 0 aliphatic carbocycles. The maximum atomic E-state index is 5.24. The highest BCUT2D eigenvalue weighted by Gasteiger charge is 2.26. The van der Waals surface area contributed by atoms with Crippen molar-refractivity contribution in [1.82, 2.24) is 9.80 Å². The summed E-state index contributed by atoms with van der Waals surface area (Å²) >= 11 is 0. The van der Waals surface area contributed by atoms with Gasteiger partial charge in [0.05, 0.1) is 6.10 Å². The van der Waals surface area contributed by atoms with Crippen LogP contribution in [-0.4, -0.2) is 61.8 Å². The van der Waals surface area contributed by atoms with E-state index in [1.165, 1.54) is 0 Å². The zero-order chi connectivity index (χ0) is 10.8. The minimum absolute atomic E-state index is 0.283. The van der Waals surface area contributed by atoms with Gasteiger partial charge in [0.1, 0.15) is 0 Å². The van der Waals surface area contributed by atoms with Gasteiger partial charge < -0.3 is 9.64 Å². The van der Waals surface area contributed by atoms with E-state index < -0.39 is 0 Å². The van der Waals surface area contributed by atoms with Crippen molar-refractivity contribution in [3.8, 4) is 0 Å². The van der Waals surface area contributed by atoms with E-state index in [2.05, 4.69) is 37.6 Å². The van der Waals surface area contributed by atoms with Crippen LogP contribution in [-0.2, 0) is 4.74 Å². The SMILES string of the molecule is COC1CN(CCN(C)C(C)(C)C)C1. The number of likely N-dealkylation sites (tertiary alicyclic amines) is 1. The Balaban J connectivity index is 2.11. The van der Waals surface area contributed by atoms with E-state index in [0.717, 1.165) is 26.2 Å². The van der Waals surface area contributed by atoms with E-state index in [0.29, 0.717) is 6.10 Å². The summed E-state index contributed by atoms with van der Waals surface area (Å²) in [5.74, 6) is 0. The molecule has 1 rings (SSSR count). The van der Waals surface area contributed by atoms with Crippen LogP contribution < -0.4 is 0 Å². The summed E-state index contributed by atoms with van der Waals surface area (Å²) in [6.07, 6.45) is 0.481. The van der Waals surface area contributed by atoms with Crippen LogP contribution in [0.2, 0.25) is 0 Å². The van der Waals surface area contributed by atoms with Crippen LogP contribution in [0.25, 0.3) is 0 Å². The molecule has 1 aliphatic heterocycles. The third-order valence-corrected chi connectivity index (χ3v) is 3.15. The number of hydrogen-bond acceptors (Lipinski definition) is 3. The highest BCUT2D eigenvalue weighted by atomic mass is 16.5. The maximum Gasteiger partial charge on any atom is 0.0824 e. The molecule has 84 valence electrons. The average Bonchev–Trinajstić information content (AvgIpc) is 1.99. The van der Waals surface area contributed by atoms with Crippen molar-refractivity contribution in [2.24, 2.45) is 0 Å². The molecule has 0 spiro atoms. The number of likely N-dealkylation sites (N-methyl/N-ethyl adjacent to an activating group) is 1. The van der Waals surface area contributed by atoms with Crippen LogP contribution in [0.3, 0.4) is 0 Å². The Morgan fingerprint density at radius 1 is 1.36 bits per heavy atom. The second-order valence-electron chi connectivity index (χ2n) is 5.21. The molecule has 0 amide bonds. The van der Waals surface area contributed by atoms with Gasteiger partial charge in [-0.05, 0) is 27.8 Å². The smallest absolute Gasteiger partial charge is 0.0824 e. The second-order valence-corrected chi connectivity index (χ2v) is 5.21. The predicted octanol–water partition coefficient (Wildman–Crippen LogP) is 1.05. The van der Waals surface area contributed by atoms with Crippen LogP contribution in [0.1, 0.15) is 20.8 Å². The van der Waals surface area contributed by atoms with Gasteiger partial charge in [-0.1, -0.05) is 0 Å². The summed E-state index contributed by atoms with van der Waals surface area (Å²) < 4.78 is 5.24. The van der Waals surface area contributed by atoms with E-state index in [1.54, 1.807) is 7.11 Å². The molecule has 1 saturated heterocycles. The molecule has 0 atom stereocenters. The Hall–Kier alpha value is -0.120. The van der Waals surface area contributed by atoms with Crippen molar-refractivity contribution in [1.29, 1.82) is 0 Å². The summed E-state index contributed by atoms with van der Waals surface area (Å²) in [6.45, 7) is 11.3. The molecule has 0 bridgehead atoms. The van der Waals surface area contributed by atoms with Gasteiger partial charge in [-0.25, -0.2) is 0 Å². The van der Waals surface area contributed by atoms with Crippen LogP contribution in [0, 0.1) is 0 Å². The van der Waals surface area contributed by atoms with Crippen molar-refractivity contribution in [3.63, 3.8) is 0 Å². The normalized spacial score (nSPS) is 20.1. The minimum Gasteiger partial charge on any atom is -0.379 e. The molecule has 1 fully saturated rings. The van der Waals surface area contributed by atoms with Crippen molar-refractivity contribution in [3.05, 3.63) is 0 Å². The lowest BCUT2D eigenvalue weighted by Crippen LogP contribution is -2.54. The first-order valence-corrected chi connectivity index (χ1v) is 5.40. The highest BCUT2D eigenvalue weighted by Crippen LogP contribution is 2.13. The van der Waals surface area contributed by atoms with Gasteiger partial charge >= 0.3 is 0 Å². The van der Waals surface area contributed by atoms with E-state index in [4.69, 9.17) is 4.74 Å². The van der Waals surface area contributed by atoms with Crippen LogP contribution in [0.5, 0.6) is 0 Å². The van der Waals surface area contributed by atoms with E-state index >= 15 is 0 Å².